The van der Waals surface area contributed by atoms with Crippen LogP contribution in [0.3, 0.4) is 0 Å². The highest BCUT2D eigenvalue weighted by molar-refractivity contribution is 7.91. The topological polar surface area (TPSA) is 40.6 Å². The number of nitrogens with zero attached hydrogens (tertiary/aromatic N) is 2. The number of aryl methyl sites for hydroxylation is 1. The molecule has 0 spiro atoms. The molecular formula is C27H34N2O2S. The van der Waals surface area contributed by atoms with Crippen LogP contribution in [0.15, 0.2) is 77.7 Å². The molecule has 3 aromatic carbocycles. The predicted octanol–water partition coefficient (Wildman–Crippen LogP) is 5.72. The van der Waals surface area contributed by atoms with Crippen molar-refractivity contribution in [2.75, 3.05) is 37.0 Å². The number of hydrogen-bond donors (Lipinski definition) is 0. The maximum atomic E-state index is 13.9. The first-order valence-corrected chi connectivity index (χ1v) is 12.8. The number of rotatable bonds is 9. The molecule has 0 aromatic heterocycles. The number of anilines is 2. The number of hydrogen-bond acceptors (Lipinski definition) is 4. The summed E-state index contributed by atoms with van der Waals surface area (Å²) < 4.78 is 27.7. The van der Waals surface area contributed by atoms with E-state index in [2.05, 4.69) is 37.8 Å². The third kappa shape index (κ3) is 4.83. The summed E-state index contributed by atoms with van der Waals surface area (Å²) in [7, 11) is 0.321. The molecule has 0 bridgehead atoms. The Morgan fingerprint density at radius 2 is 1.38 bits per heavy atom. The van der Waals surface area contributed by atoms with Crippen molar-refractivity contribution < 1.29 is 8.42 Å². The fourth-order valence-electron chi connectivity index (χ4n) is 4.17. The van der Waals surface area contributed by atoms with E-state index in [4.69, 9.17) is 0 Å². The minimum atomic E-state index is -3.64. The summed E-state index contributed by atoms with van der Waals surface area (Å²) in [4.78, 5) is 4.67. The van der Waals surface area contributed by atoms with Gasteiger partial charge in [0.2, 0.25) is 0 Å². The van der Waals surface area contributed by atoms with E-state index in [0.29, 0.717) is 4.90 Å². The summed E-state index contributed by atoms with van der Waals surface area (Å²) in [6.07, 6.45) is 0.845. The highest BCUT2D eigenvalue weighted by atomic mass is 32.2. The third-order valence-electron chi connectivity index (χ3n) is 5.99. The monoisotopic (exact) mass is 450 g/mol. The first-order valence-electron chi connectivity index (χ1n) is 11.3. The Hall–Kier alpha value is -2.79. The van der Waals surface area contributed by atoms with Gasteiger partial charge in [-0.3, -0.25) is 0 Å². The molecule has 0 heterocycles. The van der Waals surface area contributed by atoms with Crippen LogP contribution in [0.4, 0.5) is 11.4 Å². The fraction of sp³-hybridized carbons (Fsp3) is 0.333. The Morgan fingerprint density at radius 1 is 0.781 bits per heavy atom. The third-order valence-corrected chi connectivity index (χ3v) is 8.08. The molecule has 3 rings (SSSR count). The molecule has 5 heteroatoms. The lowest BCUT2D eigenvalue weighted by Gasteiger charge is -2.26. The van der Waals surface area contributed by atoms with Crippen LogP contribution in [0.1, 0.15) is 42.7 Å². The van der Waals surface area contributed by atoms with Crippen molar-refractivity contribution in [2.24, 2.45) is 0 Å². The van der Waals surface area contributed by atoms with E-state index < -0.39 is 15.1 Å². The van der Waals surface area contributed by atoms with Crippen molar-refractivity contribution in [1.82, 2.24) is 0 Å². The van der Waals surface area contributed by atoms with Crippen molar-refractivity contribution in [3.8, 4) is 0 Å². The van der Waals surface area contributed by atoms with Gasteiger partial charge in [0.25, 0.3) is 0 Å². The van der Waals surface area contributed by atoms with Crippen LogP contribution in [-0.2, 0) is 16.3 Å². The molecule has 3 aromatic rings. The quantitative estimate of drug-likeness (QED) is 0.418. The maximum Gasteiger partial charge on any atom is 0.189 e. The highest BCUT2D eigenvalue weighted by Crippen LogP contribution is 2.37. The van der Waals surface area contributed by atoms with Gasteiger partial charge in [0, 0.05) is 38.6 Å². The van der Waals surface area contributed by atoms with Gasteiger partial charge in [-0.05, 0) is 67.3 Å². The van der Waals surface area contributed by atoms with E-state index in [0.717, 1.165) is 36.3 Å². The minimum Gasteiger partial charge on any atom is -0.378 e. The average Bonchev–Trinajstić information content (AvgIpc) is 2.81. The first kappa shape index (κ1) is 23.9. The van der Waals surface area contributed by atoms with E-state index in [1.165, 1.54) is 11.3 Å². The molecular weight excluding hydrogens is 416 g/mol. The highest BCUT2D eigenvalue weighted by Gasteiger charge is 2.31. The molecule has 0 fully saturated rings. The van der Waals surface area contributed by atoms with Crippen LogP contribution in [0.25, 0.3) is 0 Å². The summed E-state index contributed by atoms with van der Waals surface area (Å²) in [6.45, 7) is 8.25. The molecule has 1 atom stereocenters. The molecule has 32 heavy (non-hydrogen) atoms. The van der Waals surface area contributed by atoms with Crippen LogP contribution in [-0.4, -0.2) is 35.6 Å². The van der Waals surface area contributed by atoms with Gasteiger partial charge < -0.3 is 9.80 Å². The van der Waals surface area contributed by atoms with Gasteiger partial charge >= 0.3 is 0 Å². The molecule has 0 amide bonds. The van der Waals surface area contributed by atoms with Crippen molar-refractivity contribution in [3.63, 3.8) is 0 Å². The van der Waals surface area contributed by atoms with E-state index in [1.54, 1.807) is 24.3 Å². The summed E-state index contributed by atoms with van der Waals surface area (Å²) in [5.74, 6) is 0. The summed E-state index contributed by atoms with van der Waals surface area (Å²) in [6, 6.07) is 22.7. The second-order valence-electron chi connectivity index (χ2n) is 8.14. The average molecular weight is 451 g/mol. The zero-order valence-corrected chi connectivity index (χ0v) is 20.6. The lowest BCUT2D eigenvalue weighted by atomic mass is 9.99. The van der Waals surface area contributed by atoms with Gasteiger partial charge in [-0.15, -0.1) is 0 Å². The summed E-state index contributed by atoms with van der Waals surface area (Å²) in [5.41, 5.74) is 4.97. The first-order chi connectivity index (χ1) is 15.3. The zero-order chi connectivity index (χ0) is 23.3. The van der Waals surface area contributed by atoms with E-state index >= 15 is 0 Å². The second-order valence-corrected chi connectivity index (χ2v) is 10.2. The zero-order valence-electron chi connectivity index (χ0n) is 19.7. The molecule has 0 aliphatic carbocycles. The van der Waals surface area contributed by atoms with Gasteiger partial charge in [-0.25, -0.2) is 8.42 Å². The minimum absolute atomic E-state index is 0.340. The largest absolute Gasteiger partial charge is 0.378 e. The Bertz CT molecular complexity index is 1120. The Labute approximate surface area is 193 Å². The SMILES string of the molecule is CCc1cc(C(c2ccc(N(C)C)cc2)S(=O)(=O)c2ccccc2)ccc1N(CC)CC. The van der Waals surface area contributed by atoms with Gasteiger partial charge in [0.05, 0.1) is 4.90 Å². The van der Waals surface area contributed by atoms with E-state index in [-0.39, 0.29) is 0 Å². The predicted molar refractivity (Wildman–Crippen MR) is 136 cm³/mol. The van der Waals surface area contributed by atoms with Crippen molar-refractivity contribution in [3.05, 3.63) is 89.5 Å². The van der Waals surface area contributed by atoms with Crippen molar-refractivity contribution in [2.45, 2.75) is 37.3 Å². The summed E-state index contributed by atoms with van der Waals surface area (Å²) >= 11 is 0. The van der Waals surface area contributed by atoms with Crippen LogP contribution >= 0.6 is 0 Å². The lowest BCUT2D eigenvalue weighted by Crippen LogP contribution is -2.23. The number of benzene rings is 3. The number of sulfone groups is 1. The molecule has 0 saturated heterocycles. The van der Waals surface area contributed by atoms with Crippen molar-refractivity contribution in [1.29, 1.82) is 0 Å². The Morgan fingerprint density at radius 3 is 1.91 bits per heavy atom. The molecule has 4 nitrogen and oxygen atoms in total. The molecule has 170 valence electrons. The summed E-state index contributed by atoms with van der Waals surface area (Å²) in [5, 5.41) is -0.767. The molecule has 0 saturated carbocycles. The van der Waals surface area contributed by atoms with Crippen LogP contribution in [0, 0.1) is 0 Å². The van der Waals surface area contributed by atoms with Crippen LogP contribution < -0.4 is 9.80 Å². The normalized spacial score (nSPS) is 12.4. The molecule has 0 N–H and O–H groups in total. The Balaban J connectivity index is 2.19. The smallest absolute Gasteiger partial charge is 0.189 e. The van der Waals surface area contributed by atoms with Gasteiger partial charge in [0.15, 0.2) is 9.84 Å². The lowest BCUT2D eigenvalue weighted by molar-refractivity contribution is 0.589. The standard InChI is InChI=1S/C27H34N2O2S/c1-6-21-20-23(16-19-26(21)29(7-2)8-3)27(22-14-17-24(18-15-22)28(4)5)32(30,31)25-12-10-9-11-13-25/h9-20,27H,6-8H2,1-5H3. The maximum absolute atomic E-state index is 13.9. The second kappa shape index (κ2) is 10.2. The van der Waals surface area contributed by atoms with Gasteiger partial charge in [-0.1, -0.05) is 49.4 Å². The van der Waals surface area contributed by atoms with Crippen molar-refractivity contribution >= 4 is 21.2 Å². The molecule has 0 aliphatic rings. The molecule has 0 radical (unpaired) electrons. The molecule has 1 unspecified atom stereocenters. The van der Waals surface area contributed by atoms with Crippen LogP contribution in [0.5, 0.6) is 0 Å². The van der Waals surface area contributed by atoms with Crippen LogP contribution in [0.2, 0.25) is 0 Å². The van der Waals surface area contributed by atoms with E-state index in [1.807, 2.05) is 55.4 Å². The Kier molecular flexibility index (Phi) is 7.62. The fourth-order valence-corrected chi connectivity index (χ4v) is 6.00. The molecule has 0 aliphatic heterocycles. The van der Waals surface area contributed by atoms with E-state index in [9.17, 15) is 8.42 Å². The van der Waals surface area contributed by atoms with Gasteiger partial charge in [0.1, 0.15) is 5.25 Å². The van der Waals surface area contributed by atoms with Gasteiger partial charge in [-0.2, -0.15) is 0 Å².